The molecule has 0 bridgehead atoms. The molecule has 1 N–H and O–H groups in total. The maximum absolute atomic E-state index is 11.6. The van der Waals surface area contributed by atoms with Crippen LogP contribution in [0.15, 0.2) is 30.3 Å². The van der Waals surface area contributed by atoms with Gasteiger partial charge in [0.15, 0.2) is 5.60 Å². The Kier molecular flexibility index (Phi) is 5.27. The first-order valence-electron chi connectivity index (χ1n) is 5.62. The summed E-state index contributed by atoms with van der Waals surface area (Å²) in [6.45, 7) is 1.29. The van der Waals surface area contributed by atoms with E-state index in [1.807, 2.05) is 0 Å². The minimum atomic E-state index is -1.96. The van der Waals surface area contributed by atoms with Crippen LogP contribution in [0.4, 0.5) is 0 Å². The molecule has 4 nitrogen and oxygen atoms in total. The number of aliphatic hydroxyl groups is 1. The Bertz CT molecular complexity index is 510. The van der Waals surface area contributed by atoms with Gasteiger partial charge in [-0.05, 0) is 30.7 Å². The topological polar surface area (TPSA) is 63.6 Å². The van der Waals surface area contributed by atoms with Crippen LogP contribution in [0.1, 0.15) is 18.9 Å². The molecule has 0 amide bonds. The van der Waals surface area contributed by atoms with Crippen LogP contribution in [-0.2, 0) is 14.3 Å². The zero-order valence-electron chi connectivity index (χ0n) is 10.7. The van der Waals surface area contributed by atoms with Crippen LogP contribution in [0, 0.1) is 0 Å². The molecule has 0 unspecified atom stereocenters. The van der Waals surface area contributed by atoms with Crippen LogP contribution >= 0.6 is 11.6 Å². The molecule has 0 aromatic heterocycles. The number of hydrogen-bond acceptors (Lipinski definition) is 4. The van der Waals surface area contributed by atoms with E-state index in [1.54, 1.807) is 24.3 Å². The van der Waals surface area contributed by atoms with E-state index in [-0.39, 0.29) is 12.2 Å². The molecule has 102 valence electrons. The molecule has 0 saturated heterocycles. The third kappa shape index (κ3) is 4.50. The highest BCUT2D eigenvalue weighted by Crippen LogP contribution is 2.18. The number of ether oxygens (including phenoxy) is 1. The molecular weight excluding hydrogens is 268 g/mol. The van der Waals surface area contributed by atoms with Crippen molar-refractivity contribution in [3.8, 4) is 0 Å². The van der Waals surface area contributed by atoms with Gasteiger partial charge in [0, 0.05) is 11.4 Å². The number of ketones is 1. The summed E-state index contributed by atoms with van der Waals surface area (Å²) < 4.78 is 4.51. The van der Waals surface area contributed by atoms with Gasteiger partial charge in [0.2, 0.25) is 0 Å². The molecular formula is C14H15ClO4. The molecule has 0 aliphatic heterocycles. The lowest BCUT2D eigenvalue weighted by Gasteiger charge is -2.20. The zero-order valence-corrected chi connectivity index (χ0v) is 11.5. The SMILES string of the molecule is COC(=O)[C@@](O)(/C=C/c1cccc(Cl)c1)CC(C)=O. The van der Waals surface area contributed by atoms with Crippen LogP contribution in [0.5, 0.6) is 0 Å². The second-order valence-electron chi connectivity index (χ2n) is 4.18. The van der Waals surface area contributed by atoms with Crippen LogP contribution in [0.25, 0.3) is 6.08 Å². The molecule has 0 fully saturated rings. The van der Waals surface area contributed by atoms with E-state index >= 15 is 0 Å². The average Bonchev–Trinajstić information content (AvgIpc) is 2.34. The van der Waals surface area contributed by atoms with E-state index in [4.69, 9.17) is 11.6 Å². The molecule has 0 radical (unpaired) electrons. The summed E-state index contributed by atoms with van der Waals surface area (Å²) in [7, 11) is 1.15. The van der Waals surface area contributed by atoms with Gasteiger partial charge in [-0.1, -0.05) is 29.8 Å². The number of methoxy groups -OCH3 is 1. The fourth-order valence-electron chi connectivity index (χ4n) is 1.60. The molecule has 0 aliphatic carbocycles. The summed E-state index contributed by atoms with van der Waals surface area (Å²) in [5.41, 5.74) is -1.25. The Morgan fingerprint density at radius 1 is 1.47 bits per heavy atom. The summed E-state index contributed by atoms with van der Waals surface area (Å²) in [4.78, 5) is 22.7. The third-order valence-corrected chi connectivity index (χ3v) is 2.69. The summed E-state index contributed by atoms with van der Waals surface area (Å²) in [5.74, 6) is -1.19. The van der Waals surface area contributed by atoms with Crippen molar-refractivity contribution in [2.45, 2.75) is 18.9 Å². The Labute approximate surface area is 116 Å². The third-order valence-electron chi connectivity index (χ3n) is 2.46. The van der Waals surface area contributed by atoms with Gasteiger partial charge in [0.1, 0.15) is 5.78 Å². The maximum Gasteiger partial charge on any atom is 0.342 e. The van der Waals surface area contributed by atoms with Crippen molar-refractivity contribution in [2.75, 3.05) is 7.11 Å². The summed E-state index contributed by atoms with van der Waals surface area (Å²) in [6.07, 6.45) is 2.42. The van der Waals surface area contributed by atoms with Crippen LogP contribution < -0.4 is 0 Å². The van der Waals surface area contributed by atoms with E-state index in [9.17, 15) is 14.7 Å². The number of benzene rings is 1. The number of Topliss-reactive ketones (excluding diaryl/α,β-unsaturated/α-hetero) is 1. The Morgan fingerprint density at radius 2 is 2.16 bits per heavy atom. The lowest BCUT2D eigenvalue weighted by molar-refractivity contribution is -0.159. The molecule has 1 aromatic rings. The lowest BCUT2D eigenvalue weighted by atomic mass is 9.96. The summed E-state index contributed by atoms with van der Waals surface area (Å²) in [6, 6.07) is 6.88. The Hall–Kier alpha value is -1.65. The van der Waals surface area contributed by atoms with Gasteiger partial charge in [-0.3, -0.25) is 4.79 Å². The number of esters is 1. The quantitative estimate of drug-likeness (QED) is 0.841. The summed E-state index contributed by atoms with van der Waals surface area (Å²) in [5, 5.41) is 10.7. The van der Waals surface area contributed by atoms with Crippen LogP contribution in [0.3, 0.4) is 0 Å². The van der Waals surface area contributed by atoms with Crippen molar-refractivity contribution in [1.29, 1.82) is 0 Å². The van der Waals surface area contributed by atoms with E-state index in [0.29, 0.717) is 10.6 Å². The predicted octanol–water partition coefficient (Wildman–Crippen LogP) is 2.24. The van der Waals surface area contributed by atoms with E-state index in [2.05, 4.69) is 4.74 Å². The minimum Gasteiger partial charge on any atom is -0.467 e. The van der Waals surface area contributed by atoms with Crippen molar-refractivity contribution in [3.63, 3.8) is 0 Å². The van der Waals surface area contributed by atoms with Gasteiger partial charge < -0.3 is 9.84 Å². The lowest BCUT2D eigenvalue weighted by Crippen LogP contribution is -2.39. The predicted molar refractivity (Wildman–Crippen MR) is 72.7 cm³/mol. The highest BCUT2D eigenvalue weighted by Gasteiger charge is 2.35. The first kappa shape index (κ1) is 15.4. The Morgan fingerprint density at radius 3 is 2.68 bits per heavy atom. The van der Waals surface area contributed by atoms with Crippen molar-refractivity contribution < 1.29 is 19.4 Å². The Balaban J connectivity index is 3.00. The number of hydrogen-bond donors (Lipinski definition) is 1. The molecule has 1 aromatic carbocycles. The van der Waals surface area contributed by atoms with Crippen LogP contribution in [0.2, 0.25) is 5.02 Å². The number of carbonyl (C=O) groups is 2. The summed E-state index contributed by atoms with van der Waals surface area (Å²) >= 11 is 5.83. The normalized spacial score (nSPS) is 14.1. The van der Waals surface area contributed by atoms with E-state index in [0.717, 1.165) is 7.11 Å². The first-order valence-corrected chi connectivity index (χ1v) is 6.00. The monoisotopic (exact) mass is 282 g/mol. The van der Waals surface area contributed by atoms with Crippen LogP contribution in [-0.4, -0.2) is 29.6 Å². The molecule has 0 spiro atoms. The number of carbonyl (C=O) groups excluding carboxylic acids is 2. The van der Waals surface area contributed by atoms with Gasteiger partial charge in [-0.2, -0.15) is 0 Å². The van der Waals surface area contributed by atoms with Crippen molar-refractivity contribution >= 4 is 29.4 Å². The fraction of sp³-hybridized carbons (Fsp3) is 0.286. The molecule has 1 atom stereocenters. The smallest absolute Gasteiger partial charge is 0.342 e. The van der Waals surface area contributed by atoms with E-state index < -0.39 is 11.6 Å². The van der Waals surface area contributed by atoms with E-state index in [1.165, 1.54) is 19.1 Å². The van der Waals surface area contributed by atoms with Crippen molar-refractivity contribution in [2.24, 2.45) is 0 Å². The molecule has 5 heteroatoms. The van der Waals surface area contributed by atoms with Gasteiger partial charge in [-0.25, -0.2) is 4.79 Å². The average molecular weight is 283 g/mol. The molecule has 0 heterocycles. The second-order valence-corrected chi connectivity index (χ2v) is 4.62. The highest BCUT2D eigenvalue weighted by molar-refractivity contribution is 6.30. The van der Waals surface area contributed by atoms with Crippen molar-refractivity contribution in [1.82, 2.24) is 0 Å². The molecule has 0 saturated carbocycles. The number of halogens is 1. The molecule has 0 aliphatic rings. The fourth-order valence-corrected chi connectivity index (χ4v) is 1.80. The standard InChI is InChI=1S/C14H15ClO4/c1-10(16)9-14(18,13(17)19-2)7-6-11-4-3-5-12(15)8-11/h3-8,18H,9H2,1-2H3/b7-6+/t14-/m1/s1. The van der Waals surface area contributed by atoms with Gasteiger partial charge >= 0.3 is 5.97 Å². The van der Waals surface area contributed by atoms with Gasteiger partial charge in [-0.15, -0.1) is 0 Å². The zero-order chi connectivity index (χ0) is 14.5. The minimum absolute atomic E-state index is 0.316. The van der Waals surface area contributed by atoms with Crippen molar-refractivity contribution in [3.05, 3.63) is 40.9 Å². The van der Waals surface area contributed by atoms with Gasteiger partial charge in [0.05, 0.1) is 7.11 Å². The largest absolute Gasteiger partial charge is 0.467 e. The van der Waals surface area contributed by atoms with Gasteiger partial charge in [0.25, 0.3) is 0 Å². The number of rotatable bonds is 5. The highest BCUT2D eigenvalue weighted by atomic mass is 35.5. The first-order chi connectivity index (χ1) is 8.87. The second kappa shape index (κ2) is 6.50. The molecule has 1 rings (SSSR count). The maximum atomic E-state index is 11.6. The molecule has 19 heavy (non-hydrogen) atoms.